The van der Waals surface area contributed by atoms with Crippen molar-refractivity contribution in [2.24, 2.45) is 0 Å². The van der Waals surface area contributed by atoms with Gasteiger partial charge in [-0.3, -0.25) is 9.48 Å². The van der Waals surface area contributed by atoms with Crippen molar-refractivity contribution in [3.8, 4) is 0 Å². The van der Waals surface area contributed by atoms with Crippen LogP contribution in [-0.4, -0.2) is 28.1 Å². The number of aryl methyl sites for hydroxylation is 1. The molecule has 19 heavy (non-hydrogen) atoms. The second kappa shape index (κ2) is 6.47. The zero-order valence-corrected chi connectivity index (χ0v) is 11.5. The van der Waals surface area contributed by atoms with Crippen molar-refractivity contribution in [1.82, 2.24) is 15.1 Å². The minimum Gasteiger partial charge on any atom is -0.355 e. The summed E-state index contributed by atoms with van der Waals surface area (Å²) in [7, 11) is 0. The van der Waals surface area contributed by atoms with Gasteiger partial charge in [-0.15, -0.1) is 11.6 Å². The van der Waals surface area contributed by atoms with Crippen molar-refractivity contribution in [2.45, 2.75) is 26.1 Å². The van der Waals surface area contributed by atoms with Gasteiger partial charge in [0.15, 0.2) is 5.69 Å². The summed E-state index contributed by atoms with van der Waals surface area (Å²) >= 11 is 10.9. The van der Waals surface area contributed by atoms with Crippen LogP contribution in [-0.2, 0) is 17.5 Å². The summed E-state index contributed by atoms with van der Waals surface area (Å²) in [5, 5.41) is 5.55. The van der Waals surface area contributed by atoms with Crippen molar-refractivity contribution < 1.29 is 18.0 Å². The molecule has 9 heteroatoms. The Morgan fingerprint density at radius 2 is 2.11 bits per heavy atom. The van der Waals surface area contributed by atoms with E-state index in [4.69, 9.17) is 23.2 Å². The number of hydrogen-bond acceptors (Lipinski definition) is 2. The van der Waals surface area contributed by atoms with Gasteiger partial charge in [0.1, 0.15) is 5.88 Å². The van der Waals surface area contributed by atoms with E-state index < -0.39 is 16.9 Å². The molecule has 0 saturated carbocycles. The fourth-order valence-corrected chi connectivity index (χ4v) is 1.76. The van der Waals surface area contributed by atoms with Crippen LogP contribution in [0.25, 0.3) is 0 Å². The molecule has 0 aliphatic rings. The summed E-state index contributed by atoms with van der Waals surface area (Å²) in [6.45, 7) is 2.00. The molecule has 1 aromatic rings. The number of amides is 1. The predicted octanol–water partition coefficient (Wildman–Crippen LogP) is 2.61. The van der Waals surface area contributed by atoms with Gasteiger partial charge in [0.25, 0.3) is 0 Å². The monoisotopic (exact) mass is 317 g/mol. The Morgan fingerprint density at radius 3 is 2.58 bits per heavy atom. The number of hydrogen-bond donors (Lipinski definition) is 1. The molecule has 0 unspecified atom stereocenters. The number of rotatable bonds is 5. The van der Waals surface area contributed by atoms with Gasteiger partial charge >= 0.3 is 6.18 Å². The number of carbonyl (C=O) groups excluding carboxylic acids is 1. The zero-order chi connectivity index (χ0) is 14.6. The van der Waals surface area contributed by atoms with Gasteiger partial charge in [0, 0.05) is 13.1 Å². The van der Waals surface area contributed by atoms with Crippen LogP contribution in [0.1, 0.15) is 17.8 Å². The van der Waals surface area contributed by atoms with E-state index in [9.17, 15) is 18.0 Å². The third kappa shape index (κ3) is 4.28. The molecule has 1 N–H and O–H groups in total. The van der Waals surface area contributed by atoms with Crippen LogP contribution in [0.4, 0.5) is 13.2 Å². The lowest BCUT2D eigenvalue weighted by atomic mass is 10.3. The van der Waals surface area contributed by atoms with Crippen LogP contribution < -0.4 is 5.32 Å². The maximum absolute atomic E-state index is 12.6. The number of aromatic nitrogens is 2. The average Bonchev–Trinajstić information content (AvgIpc) is 2.61. The molecular formula is C10H12Cl2F3N3O. The summed E-state index contributed by atoms with van der Waals surface area (Å²) in [5.41, 5.74) is -0.839. The van der Waals surface area contributed by atoms with Crippen molar-refractivity contribution in [3.05, 3.63) is 16.4 Å². The minimum atomic E-state index is -4.57. The van der Waals surface area contributed by atoms with E-state index in [0.717, 1.165) is 0 Å². The fraction of sp³-hybridized carbons (Fsp3) is 0.600. The lowest BCUT2D eigenvalue weighted by molar-refractivity contribution is -0.141. The first-order chi connectivity index (χ1) is 8.77. The average molecular weight is 318 g/mol. The molecule has 0 aromatic carbocycles. The first-order valence-corrected chi connectivity index (χ1v) is 6.31. The molecule has 0 aliphatic heterocycles. The Balaban J connectivity index is 2.63. The molecule has 0 radical (unpaired) electrons. The van der Waals surface area contributed by atoms with E-state index in [1.807, 2.05) is 0 Å². The molecule has 1 heterocycles. The number of carbonyl (C=O) groups is 1. The third-order valence-corrected chi connectivity index (χ3v) is 3.09. The second-order valence-corrected chi connectivity index (χ2v) is 4.45. The first-order valence-electron chi connectivity index (χ1n) is 5.40. The Bertz CT molecular complexity index is 460. The number of alkyl halides is 4. The van der Waals surface area contributed by atoms with Gasteiger partial charge in [0.05, 0.1) is 10.7 Å². The summed E-state index contributed by atoms with van der Waals surface area (Å²) in [4.78, 5) is 10.8. The third-order valence-electron chi connectivity index (χ3n) is 2.39. The highest BCUT2D eigenvalue weighted by atomic mass is 35.5. The molecule has 1 amide bonds. The lowest BCUT2D eigenvalue weighted by Gasteiger charge is -2.05. The van der Waals surface area contributed by atoms with Gasteiger partial charge in [-0.25, -0.2) is 0 Å². The number of nitrogens with one attached hydrogen (secondary N) is 1. The molecule has 0 atom stereocenters. The van der Waals surface area contributed by atoms with Crippen LogP contribution in [0.5, 0.6) is 0 Å². The highest BCUT2D eigenvalue weighted by Crippen LogP contribution is 2.35. The van der Waals surface area contributed by atoms with Crippen molar-refractivity contribution in [1.29, 1.82) is 0 Å². The Kier molecular flexibility index (Phi) is 5.49. The van der Waals surface area contributed by atoms with Crippen molar-refractivity contribution >= 4 is 29.1 Å². The summed E-state index contributed by atoms with van der Waals surface area (Å²) in [6.07, 6.45) is -4.14. The van der Waals surface area contributed by atoms with Crippen LogP contribution >= 0.6 is 23.2 Å². The van der Waals surface area contributed by atoms with Gasteiger partial charge in [-0.1, -0.05) is 11.6 Å². The minimum absolute atomic E-state index is 0.148. The normalized spacial score (nSPS) is 11.7. The fourth-order valence-electron chi connectivity index (χ4n) is 1.43. The van der Waals surface area contributed by atoms with Crippen molar-refractivity contribution in [3.63, 3.8) is 0 Å². The largest absolute Gasteiger partial charge is 0.436 e. The second-order valence-electron chi connectivity index (χ2n) is 3.81. The number of halogens is 5. The molecule has 4 nitrogen and oxygen atoms in total. The van der Waals surface area contributed by atoms with Crippen molar-refractivity contribution in [2.75, 3.05) is 12.4 Å². The van der Waals surface area contributed by atoms with Crippen LogP contribution in [0.3, 0.4) is 0 Å². The molecular weight excluding hydrogens is 306 g/mol. The quantitative estimate of drug-likeness (QED) is 0.670. The molecule has 0 bridgehead atoms. The van der Waals surface area contributed by atoms with E-state index in [-0.39, 0.29) is 24.0 Å². The maximum atomic E-state index is 12.6. The smallest absolute Gasteiger partial charge is 0.355 e. The van der Waals surface area contributed by atoms with E-state index >= 15 is 0 Å². The van der Waals surface area contributed by atoms with Gasteiger partial charge < -0.3 is 5.32 Å². The maximum Gasteiger partial charge on any atom is 0.436 e. The zero-order valence-electron chi connectivity index (χ0n) is 10.0. The molecule has 0 saturated heterocycles. The van der Waals surface area contributed by atoms with Crippen LogP contribution in [0.2, 0.25) is 5.02 Å². The summed E-state index contributed by atoms with van der Waals surface area (Å²) in [6, 6.07) is 0. The summed E-state index contributed by atoms with van der Waals surface area (Å²) in [5.74, 6) is -0.474. The standard InChI is InChI=1S/C10H12Cl2F3N3O/c1-6-8(12)9(10(13,14)15)17-18(6)4-2-3-16-7(19)5-11/h2-5H2,1H3,(H,16,19). The van der Waals surface area contributed by atoms with Gasteiger partial charge in [-0.2, -0.15) is 18.3 Å². The summed E-state index contributed by atoms with van der Waals surface area (Å²) < 4.78 is 38.8. The van der Waals surface area contributed by atoms with Gasteiger partial charge in [-0.05, 0) is 13.3 Å². The van der Waals surface area contributed by atoms with Crippen LogP contribution in [0.15, 0.2) is 0 Å². The lowest BCUT2D eigenvalue weighted by Crippen LogP contribution is -2.26. The predicted molar refractivity (Wildman–Crippen MR) is 65.3 cm³/mol. The van der Waals surface area contributed by atoms with Crippen LogP contribution in [0, 0.1) is 6.92 Å². The molecule has 1 rings (SSSR count). The topological polar surface area (TPSA) is 46.9 Å². The highest BCUT2D eigenvalue weighted by molar-refractivity contribution is 6.32. The van der Waals surface area contributed by atoms with Gasteiger partial charge in [0.2, 0.25) is 5.91 Å². The SMILES string of the molecule is Cc1c(Cl)c(C(F)(F)F)nn1CCCNC(=O)CCl. The Morgan fingerprint density at radius 1 is 1.47 bits per heavy atom. The highest BCUT2D eigenvalue weighted by Gasteiger charge is 2.38. The molecule has 0 aliphatic carbocycles. The number of nitrogens with zero attached hydrogens (tertiary/aromatic N) is 2. The molecule has 1 aromatic heterocycles. The van der Waals surface area contributed by atoms with E-state index in [1.54, 1.807) is 0 Å². The first kappa shape index (κ1) is 16.1. The molecule has 0 fully saturated rings. The Labute approximate surface area is 117 Å². The van der Waals surface area contributed by atoms with E-state index in [1.165, 1.54) is 11.6 Å². The van der Waals surface area contributed by atoms with E-state index in [2.05, 4.69) is 10.4 Å². The van der Waals surface area contributed by atoms with E-state index in [0.29, 0.717) is 13.0 Å². The molecule has 0 spiro atoms. The Hall–Kier alpha value is -0.950. The molecule has 108 valence electrons.